The molecule has 0 spiro atoms. The van der Waals surface area contributed by atoms with Crippen molar-refractivity contribution in [2.75, 3.05) is 18.0 Å². The predicted octanol–water partition coefficient (Wildman–Crippen LogP) is 1.61. The molecule has 1 saturated heterocycles. The molecule has 13 heavy (non-hydrogen) atoms. The minimum Gasteiger partial charge on any atom is -0.324 e. The first kappa shape index (κ1) is 8.53. The maximum absolute atomic E-state index is 5.10. The first-order valence-electron chi connectivity index (χ1n) is 4.81. The number of hydrogen-bond acceptors (Lipinski definition) is 4. The molecular formula is C9H15N3O. The van der Waals surface area contributed by atoms with Crippen LogP contribution in [0.1, 0.15) is 25.6 Å². The molecule has 4 heteroatoms. The van der Waals surface area contributed by atoms with Crippen molar-refractivity contribution in [3.63, 3.8) is 0 Å². The predicted molar refractivity (Wildman–Crippen MR) is 49.6 cm³/mol. The Morgan fingerprint density at radius 1 is 1.38 bits per heavy atom. The molecule has 1 aromatic rings. The van der Waals surface area contributed by atoms with Gasteiger partial charge in [0.15, 0.2) is 5.82 Å². The van der Waals surface area contributed by atoms with E-state index in [1.807, 2.05) is 6.92 Å². The first-order chi connectivity index (χ1) is 6.25. The molecule has 2 rings (SSSR count). The van der Waals surface area contributed by atoms with Crippen LogP contribution in [0.5, 0.6) is 0 Å². The molecule has 4 nitrogen and oxygen atoms in total. The lowest BCUT2D eigenvalue weighted by molar-refractivity contribution is 0.374. The number of hydrogen-bond donors (Lipinski definition) is 0. The Labute approximate surface area is 77.9 Å². The van der Waals surface area contributed by atoms with Gasteiger partial charge in [0.05, 0.1) is 0 Å². The van der Waals surface area contributed by atoms with E-state index in [1.165, 1.54) is 12.8 Å². The Morgan fingerprint density at radius 3 is 2.62 bits per heavy atom. The van der Waals surface area contributed by atoms with Crippen LogP contribution in [0.3, 0.4) is 0 Å². The summed E-state index contributed by atoms with van der Waals surface area (Å²) in [6.07, 6.45) is 2.45. The van der Waals surface area contributed by atoms with Gasteiger partial charge in [-0.15, -0.1) is 0 Å². The van der Waals surface area contributed by atoms with E-state index in [2.05, 4.69) is 22.0 Å². The van der Waals surface area contributed by atoms with Crippen molar-refractivity contribution in [2.45, 2.75) is 26.7 Å². The zero-order chi connectivity index (χ0) is 9.26. The molecule has 2 heterocycles. The molecule has 0 atom stereocenters. The summed E-state index contributed by atoms with van der Waals surface area (Å²) < 4.78 is 5.10. The topological polar surface area (TPSA) is 42.2 Å². The second-order valence-electron chi connectivity index (χ2n) is 3.79. The first-order valence-corrected chi connectivity index (χ1v) is 4.81. The number of aromatic nitrogens is 2. The van der Waals surface area contributed by atoms with E-state index in [9.17, 15) is 0 Å². The maximum Gasteiger partial charge on any atom is 0.324 e. The molecule has 0 saturated carbocycles. The van der Waals surface area contributed by atoms with E-state index in [4.69, 9.17) is 4.52 Å². The molecule has 1 aliphatic rings. The van der Waals surface area contributed by atoms with Crippen LogP contribution >= 0.6 is 0 Å². The SMILES string of the molecule is Cc1noc(N2CCC(C)CC2)n1. The van der Waals surface area contributed by atoms with E-state index in [-0.39, 0.29) is 0 Å². The van der Waals surface area contributed by atoms with Crippen molar-refractivity contribution in [3.05, 3.63) is 5.82 Å². The Morgan fingerprint density at radius 2 is 2.08 bits per heavy atom. The van der Waals surface area contributed by atoms with Gasteiger partial charge in [-0.2, -0.15) is 4.98 Å². The fourth-order valence-electron chi connectivity index (χ4n) is 1.61. The quantitative estimate of drug-likeness (QED) is 0.660. The van der Waals surface area contributed by atoms with E-state index in [0.717, 1.165) is 19.0 Å². The van der Waals surface area contributed by atoms with Gasteiger partial charge in [0.1, 0.15) is 0 Å². The van der Waals surface area contributed by atoms with E-state index < -0.39 is 0 Å². The lowest BCUT2D eigenvalue weighted by atomic mass is 10.00. The fourth-order valence-corrected chi connectivity index (χ4v) is 1.61. The number of aryl methyl sites for hydroxylation is 1. The zero-order valence-corrected chi connectivity index (χ0v) is 8.16. The van der Waals surface area contributed by atoms with Gasteiger partial charge in [0.2, 0.25) is 0 Å². The smallest absolute Gasteiger partial charge is 0.324 e. The van der Waals surface area contributed by atoms with Gasteiger partial charge >= 0.3 is 6.01 Å². The lowest BCUT2D eigenvalue weighted by Crippen LogP contribution is -2.32. The maximum atomic E-state index is 5.10. The lowest BCUT2D eigenvalue weighted by Gasteiger charge is -2.28. The third kappa shape index (κ3) is 1.82. The van der Waals surface area contributed by atoms with Crippen molar-refractivity contribution < 1.29 is 4.52 Å². The van der Waals surface area contributed by atoms with Crippen molar-refractivity contribution in [1.82, 2.24) is 10.1 Å². The van der Waals surface area contributed by atoms with Gasteiger partial charge in [-0.1, -0.05) is 12.1 Å². The van der Waals surface area contributed by atoms with Gasteiger partial charge in [-0.3, -0.25) is 0 Å². The zero-order valence-electron chi connectivity index (χ0n) is 8.16. The molecule has 0 N–H and O–H groups in total. The summed E-state index contributed by atoms with van der Waals surface area (Å²) >= 11 is 0. The summed E-state index contributed by atoms with van der Waals surface area (Å²) in [5, 5.41) is 3.78. The van der Waals surface area contributed by atoms with Crippen LogP contribution in [0.2, 0.25) is 0 Å². The minimum absolute atomic E-state index is 0.685. The number of nitrogens with zero attached hydrogens (tertiary/aromatic N) is 3. The van der Waals surface area contributed by atoms with E-state index in [1.54, 1.807) is 0 Å². The molecule has 0 aliphatic carbocycles. The average Bonchev–Trinajstić information content (AvgIpc) is 2.53. The third-order valence-electron chi connectivity index (χ3n) is 2.57. The minimum atomic E-state index is 0.685. The average molecular weight is 181 g/mol. The van der Waals surface area contributed by atoms with Gasteiger partial charge in [-0.05, 0) is 25.7 Å². The highest BCUT2D eigenvalue weighted by Crippen LogP contribution is 2.20. The van der Waals surface area contributed by atoms with Crippen molar-refractivity contribution in [1.29, 1.82) is 0 Å². The van der Waals surface area contributed by atoms with Crippen molar-refractivity contribution >= 4 is 6.01 Å². The van der Waals surface area contributed by atoms with Crippen LogP contribution in [0.15, 0.2) is 4.52 Å². The Balaban J connectivity index is 2.02. The Kier molecular flexibility index (Phi) is 2.20. The second-order valence-corrected chi connectivity index (χ2v) is 3.79. The molecule has 1 aliphatic heterocycles. The van der Waals surface area contributed by atoms with Crippen LogP contribution in [-0.2, 0) is 0 Å². The van der Waals surface area contributed by atoms with E-state index in [0.29, 0.717) is 11.8 Å². The standard InChI is InChI=1S/C9H15N3O/c1-7-3-5-12(6-4-7)9-10-8(2)11-13-9/h7H,3-6H2,1-2H3. The summed E-state index contributed by atoms with van der Waals surface area (Å²) in [7, 11) is 0. The van der Waals surface area contributed by atoms with Crippen LogP contribution in [-0.4, -0.2) is 23.2 Å². The highest BCUT2D eigenvalue weighted by atomic mass is 16.5. The van der Waals surface area contributed by atoms with Crippen LogP contribution in [0.4, 0.5) is 6.01 Å². The Hall–Kier alpha value is -1.06. The number of anilines is 1. The molecule has 0 bridgehead atoms. The fraction of sp³-hybridized carbons (Fsp3) is 0.778. The molecular weight excluding hydrogens is 166 g/mol. The highest BCUT2D eigenvalue weighted by molar-refractivity contribution is 5.25. The Bertz CT molecular complexity index is 276. The third-order valence-corrected chi connectivity index (χ3v) is 2.57. The molecule has 1 fully saturated rings. The summed E-state index contributed by atoms with van der Waals surface area (Å²) in [6, 6.07) is 0.685. The molecule has 0 amide bonds. The highest BCUT2D eigenvalue weighted by Gasteiger charge is 2.19. The summed E-state index contributed by atoms with van der Waals surface area (Å²) in [4.78, 5) is 6.37. The van der Waals surface area contributed by atoms with Crippen LogP contribution < -0.4 is 4.90 Å². The van der Waals surface area contributed by atoms with Gasteiger partial charge < -0.3 is 9.42 Å². The van der Waals surface area contributed by atoms with Gasteiger partial charge in [0, 0.05) is 13.1 Å². The number of rotatable bonds is 1. The van der Waals surface area contributed by atoms with Crippen molar-refractivity contribution in [3.8, 4) is 0 Å². The van der Waals surface area contributed by atoms with Crippen LogP contribution in [0, 0.1) is 12.8 Å². The summed E-state index contributed by atoms with van der Waals surface area (Å²) in [5.41, 5.74) is 0. The largest absolute Gasteiger partial charge is 0.324 e. The summed E-state index contributed by atoms with van der Waals surface area (Å²) in [5.74, 6) is 1.55. The van der Waals surface area contributed by atoms with Gasteiger partial charge in [-0.25, -0.2) is 0 Å². The molecule has 0 unspecified atom stereocenters. The van der Waals surface area contributed by atoms with Crippen LogP contribution in [0.25, 0.3) is 0 Å². The van der Waals surface area contributed by atoms with Crippen molar-refractivity contribution in [2.24, 2.45) is 5.92 Å². The monoisotopic (exact) mass is 181 g/mol. The molecule has 1 aromatic heterocycles. The normalized spacial score (nSPS) is 19.4. The molecule has 0 aromatic carbocycles. The molecule has 0 radical (unpaired) electrons. The molecule has 72 valence electrons. The van der Waals surface area contributed by atoms with E-state index >= 15 is 0 Å². The summed E-state index contributed by atoms with van der Waals surface area (Å²) in [6.45, 7) is 6.22. The number of piperidine rings is 1. The van der Waals surface area contributed by atoms with Gasteiger partial charge in [0.25, 0.3) is 0 Å². The second kappa shape index (κ2) is 3.36.